The number of hydrogen-bond donors (Lipinski definition) is 0. The molecule has 0 aliphatic carbocycles. The SMILES string of the molecule is CCC1(CC)CC2(CC(C)(C)N1OC(C)c1ccc(OCC3CO3)cc1)OCC(COC)O2. The zero-order valence-electron chi connectivity index (χ0n) is 21.1. The number of epoxide rings is 1. The fourth-order valence-corrected chi connectivity index (χ4v) is 5.53. The Kier molecular flexibility index (Phi) is 7.39. The summed E-state index contributed by atoms with van der Waals surface area (Å²) in [5.41, 5.74) is 0.662. The molecule has 1 spiro atoms. The predicted molar refractivity (Wildman–Crippen MR) is 125 cm³/mol. The van der Waals surface area contributed by atoms with Gasteiger partial charge in [-0.2, -0.15) is 5.06 Å². The molecule has 3 saturated heterocycles. The average Bonchev–Trinajstić information content (AvgIpc) is 3.56. The Hall–Kier alpha value is -1.22. The predicted octanol–water partition coefficient (Wildman–Crippen LogP) is 4.65. The second-order valence-corrected chi connectivity index (χ2v) is 10.4. The van der Waals surface area contributed by atoms with Crippen LogP contribution >= 0.6 is 0 Å². The molecule has 186 valence electrons. The van der Waals surface area contributed by atoms with Crippen molar-refractivity contribution in [3.05, 3.63) is 29.8 Å². The third-order valence-corrected chi connectivity index (χ3v) is 7.31. The molecule has 3 aliphatic heterocycles. The molecule has 0 bridgehead atoms. The van der Waals surface area contributed by atoms with Crippen LogP contribution in [-0.4, -0.2) is 67.7 Å². The molecule has 4 unspecified atom stereocenters. The Bertz CT molecular complexity index is 775. The van der Waals surface area contributed by atoms with Gasteiger partial charge < -0.3 is 23.7 Å². The molecule has 3 fully saturated rings. The lowest BCUT2D eigenvalue weighted by atomic mass is 9.73. The molecule has 3 heterocycles. The van der Waals surface area contributed by atoms with Crippen molar-refractivity contribution in [2.24, 2.45) is 0 Å². The van der Waals surface area contributed by atoms with Crippen LogP contribution in [0.4, 0.5) is 0 Å². The summed E-state index contributed by atoms with van der Waals surface area (Å²) in [6.07, 6.45) is 3.55. The van der Waals surface area contributed by atoms with Gasteiger partial charge in [0.15, 0.2) is 5.79 Å². The van der Waals surface area contributed by atoms with Crippen LogP contribution in [0.1, 0.15) is 72.0 Å². The van der Waals surface area contributed by atoms with Gasteiger partial charge in [-0.05, 0) is 51.3 Å². The normalized spacial score (nSPS) is 31.6. The van der Waals surface area contributed by atoms with Crippen molar-refractivity contribution in [1.29, 1.82) is 0 Å². The molecule has 7 nitrogen and oxygen atoms in total. The molecule has 0 saturated carbocycles. The van der Waals surface area contributed by atoms with Gasteiger partial charge in [0.2, 0.25) is 0 Å². The molecular formula is C26H41NO6. The summed E-state index contributed by atoms with van der Waals surface area (Å²) in [5.74, 6) is 0.269. The van der Waals surface area contributed by atoms with Gasteiger partial charge in [-0.25, -0.2) is 0 Å². The lowest BCUT2D eigenvalue weighted by molar-refractivity contribution is -0.360. The van der Waals surface area contributed by atoms with Crippen LogP contribution in [-0.2, 0) is 23.8 Å². The first-order chi connectivity index (χ1) is 15.7. The van der Waals surface area contributed by atoms with Crippen LogP contribution < -0.4 is 4.74 Å². The summed E-state index contributed by atoms with van der Waals surface area (Å²) >= 11 is 0. The number of piperidine rings is 1. The third-order valence-electron chi connectivity index (χ3n) is 7.31. The summed E-state index contributed by atoms with van der Waals surface area (Å²) in [4.78, 5) is 6.75. The molecule has 0 amide bonds. The van der Waals surface area contributed by atoms with E-state index in [0.29, 0.717) is 19.8 Å². The number of hydroxylamine groups is 2. The lowest BCUT2D eigenvalue weighted by Gasteiger charge is -2.59. The number of rotatable bonds is 10. The second kappa shape index (κ2) is 9.80. The van der Waals surface area contributed by atoms with E-state index >= 15 is 0 Å². The molecule has 1 aromatic rings. The maximum absolute atomic E-state index is 6.75. The smallest absolute Gasteiger partial charge is 0.172 e. The fourth-order valence-electron chi connectivity index (χ4n) is 5.53. The minimum atomic E-state index is -0.591. The van der Waals surface area contributed by atoms with E-state index in [-0.39, 0.29) is 29.4 Å². The van der Waals surface area contributed by atoms with Crippen LogP contribution in [0.15, 0.2) is 24.3 Å². The van der Waals surface area contributed by atoms with Crippen LogP contribution in [0.2, 0.25) is 0 Å². The van der Waals surface area contributed by atoms with Crippen molar-refractivity contribution in [2.45, 2.75) is 95.5 Å². The molecular weight excluding hydrogens is 422 g/mol. The summed E-state index contributed by atoms with van der Waals surface area (Å²) in [6.45, 7) is 13.6. The van der Waals surface area contributed by atoms with Gasteiger partial charge in [-0.1, -0.05) is 26.0 Å². The van der Waals surface area contributed by atoms with Crippen molar-refractivity contribution in [3.8, 4) is 5.75 Å². The van der Waals surface area contributed by atoms with E-state index in [2.05, 4.69) is 51.8 Å². The van der Waals surface area contributed by atoms with Crippen LogP contribution in [0, 0.1) is 0 Å². The second-order valence-electron chi connectivity index (χ2n) is 10.4. The third kappa shape index (κ3) is 5.39. The largest absolute Gasteiger partial charge is 0.491 e. The Labute approximate surface area is 198 Å². The summed E-state index contributed by atoms with van der Waals surface area (Å²) in [5, 5.41) is 2.25. The van der Waals surface area contributed by atoms with Crippen molar-refractivity contribution in [2.75, 3.05) is 33.5 Å². The van der Waals surface area contributed by atoms with Gasteiger partial charge in [0.25, 0.3) is 0 Å². The first-order valence-corrected chi connectivity index (χ1v) is 12.4. The highest BCUT2D eigenvalue weighted by molar-refractivity contribution is 5.28. The fraction of sp³-hybridized carbons (Fsp3) is 0.769. The van der Waals surface area contributed by atoms with Crippen molar-refractivity contribution >= 4 is 0 Å². The van der Waals surface area contributed by atoms with Crippen molar-refractivity contribution < 1.29 is 28.5 Å². The Morgan fingerprint density at radius 2 is 1.73 bits per heavy atom. The van der Waals surface area contributed by atoms with E-state index in [4.69, 9.17) is 28.5 Å². The van der Waals surface area contributed by atoms with Gasteiger partial charge in [0.1, 0.15) is 30.7 Å². The highest BCUT2D eigenvalue weighted by atomic mass is 16.8. The molecule has 0 N–H and O–H groups in total. The van der Waals surface area contributed by atoms with Gasteiger partial charge in [-0.15, -0.1) is 0 Å². The molecule has 1 aromatic carbocycles. The van der Waals surface area contributed by atoms with Gasteiger partial charge in [0, 0.05) is 25.5 Å². The lowest BCUT2D eigenvalue weighted by Crippen LogP contribution is -2.67. The maximum atomic E-state index is 6.75. The minimum Gasteiger partial charge on any atom is -0.491 e. The van der Waals surface area contributed by atoms with Crippen molar-refractivity contribution in [1.82, 2.24) is 5.06 Å². The summed E-state index contributed by atoms with van der Waals surface area (Å²) in [6, 6.07) is 8.20. The topological polar surface area (TPSA) is 61.9 Å². The van der Waals surface area contributed by atoms with E-state index in [1.807, 2.05) is 12.1 Å². The molecule has 0 radical (unpaired) electrons. The minimum absolute atomic E-state index is 0.0178. The van der Waals surface area contributed by atoms with E-state index in [0.717, 1.165) is 43.6 Å². The van der Waals surface area contributed by atoms with Gasteiger partial charge in [0.05, 0.1) is 25.4 Å². The monoisotopic (exact) mass is 463 g/mol. The number of nitrogens with zero attached hydrogens (tertiary/aromatic N) is 1. The number of ether oxygens (including phenoxy) is 5. The number of benzene rings is 1. The first kappa shape index (κ1) is 24.9. The average molecular weight is 464 g/mol. The highest BCUT2D eigenvalue weighted by Crippen LogP contribution is 2.52. The molecule has 33 heavy (non-hydrogen) atoms. The number of hydrogen-bond acceptors (Lipinski definition) is 7. The molecule has 4 rings (SSSR count). The van der Waals surface area contributed by atoms with E-state index in [9.17, 15) is 0 Å². The Morgan fingerprint density at radius 3 is 2.33 bits per heavy atom. The molecule has 7 heteroatoms. The zero-order chi connectivity index (χ0) is 23.7. The van der Waals surface area contributed by atoms with Gasteiger partial charge in [-0.3, -0.25) is 4.84 Å². The standard InChI is InChI=1S/C26H41NO6/c1-7-25(8-2)18-26(31-16-23(32-26)13-28-6)17-24(4,5)27(25)33-19(3)20-9-11-21(12-10-20)29-14-22-15-30-22/h9-12,19,22-23H,7-8,13-18H2,1-6H3. The van der Waals surface area contributed by atoms with Crippen LogP contribution in [0.3, 0.4) is 0 Å². The quantitative estimate of drug-likeness (QED) is 0.468. The van der Waals surface area contributed by atoms with Crippen molar-refractivity contribution in [3.63, 3.8) is 0 Å². The molecule has 0 aromatic heterocycles. The van der Waals surface area contributed by atoms with E-state index < -0.39 is 5.79 Å². The maximum Gasteiger partial charge on any atom is 0.172 e. The Balaban J connectivity index is 1.48. The number of methoxy groups -OCH3 is 1. The van der Waals surface area contributed by atoms with Crippen LogP contribution in [0.5, 0.6) is 5.75 Å². The van der Waals surface area contributed by atoms with Gasteiger partial charge >= 0.3 is 0 Å². The zero-order valence-corrected chi connectivity index (χ0v) is 21.1. The van der Waals surface area contributed by atoms with E-state index in [1.54, 1.807) is 7.11 Å². The molecule has 3 aliphatic rings. The van der Waals surface area contributed by atoms with E-state index in [1.165, 1.54) is 0 Å². The highest BCUT2D eigenvalue weighted by Gasteiger charge is 2.60. The summed E-state index contributed by atoms with van der Waals surface area (Å²) < 4.78 is 29.1. The van der Waals surface area contributed by atoms with Crippen LogP contribution in [0.25, 0.3) is 0 Å². The first-order valence-electron chi connectivity index (χ1n) is 12.4. The Morgan fingerprint density at radius 1 is 1.03 bits per heavy atom. The summed E-state index contributed by atoms with van der Waals surface area (Å²) in [7, 11) is 1.71. The molecule has 4 atom stereocenters.